The third-order valence-corrected chi connectivity index (χ3v) is 4.30. The summed E-state index contributed by atoms with van der Waals surface area (Å²) in [5.74, 6) is 0. The van der Waals surface area contributed by atoms with E-state index >= 15 is 0 Å². The fourth-order valence-corrected chi connectivity index (χ4v) is 3.07. The van der Waals surface area contributed by atoms with Crippen molar-refractivity contribution in [3.05, 3.63) is 0 Å². The van der Waals surface area contributed by atoms with Gasteiger partial charge in [0.2, 0.25) is 0 Å². The molecule has 0 spiro atoms. The summed E-state index contributed by atoms with van der Waals surface area (Å²) in [6.45, 7) is 2.23. The molecule has 0 heterocycles. The molecule has 0 aromatic heterocycles. The topological polar surface area (TPSA) is 53.2 Å². The molecule has 0 aliphatic rings. The first-order chi connectivity index (χ1) is 6.20. The highest BCUT2D eigenvalue weighted by Crippen LogP contribution is 2.26. The minimum Gasteiger partial charge on any atom is -0.316 e. The van der Waals surface area contributed by atoms with Gasteiger partial charge in [0.25, 0.3) is 0 Å². The molecular formula is C7H20N3OP2+. The predicted molar refractivity (Wildman–Crippen MR) is 61.2 cm³/mol. The lowest BCUT2D eigenvalue weighted by atomic mass is 11.2. The molecule has 0 aliphatic carbocycles. The summed E-state index contributed by atoms with van der Waals surface area (Å²) in [5.41, 5.74) is 0. The van der Waals surface area contributed by atoms with Crippen molar-refractivity contribution in [2.24, 2.45) is 0 Å². The Morgan fingerprint density at radius 2 is 1.85 bits per heavy atom. The van der Waals surface area contributed by atoms with Gasteiger partial charge in [-0.2, -0.15) is 0 Å². The van der Waals surface area contributed by atoms with Gasteiger partial charge in [0.1, 0.15) is 0 Å². The Balaban J connectivity index is 3.28. The number of nitrogens with one attached hydrogen (secondary N) is 3. The smallest absolute Gasteiger partial charge is 0.316 e. The molecule has 13 heavy (non-hydrogen) atoms. The number of rotatable bonds is 8. The molecule has 3 N–H and O–H groups in total. The van der Waals surface area contributed by atoms with Crippen LogP contribution in [0.4, 0.5) is 0 Å². The van der Waals surface area contributed by atoms with Crippen molar-refractivity contribution in [1.29, 1.82) is 0 Å². The normalized spacial score (nSPS) is 14.2. The monoisotopic (exact) mass is 224 g/mol. The first kappa shape index (κ1) is 13.4. The summed E-state index contributed by atoms with van der Waals surface area (Å²) in [4.78, 5) is 0. The third kappa shape index (κ3) is 8.73. The van der Waals surface area contributed by atoms with Crippen LogP contribution < -0.4 is 16.0 Å². The van der Waals surface area contributed by atoms with Crippen LogP contribution in [0.2, 0.25) is 0 Å². The van der Waals surface area contributed by atoms with E-state index in [0.29, 0.717) is 12.6 Å². The summed E-state index contributed by atoms with van der Waals surface area (Å²) in [6, 6.07) is 0. The van der Waals surface area contributed by atoms with Gasteiger partial charge < -0.3 is 5.32 Å². The first-order valence-corrected chi connectivity index (χ1v) is 8.10. The lowest BCUT2D eigenvalue weighted by molar-refractivity contribution is 0.582. The fourth-order valence-electron chi connectivity index (χ4n) is 0.924. The van der Waals surface area contributed by atoms with E-state index in [1.807, 2.05) is 14.1 Å². The Morgan fingerprint density at radius 1 is 1.15 bits per heavy atom. The average Bonchev–Trinajstić information content (AvgIpc) is 2.05. The maximum absolute atomic E-state index is 11.2. The molecule has 0 amide bonds. The maximum Gasteiger partial charge on any atom is 0.369 e. The zero-order valence-electron chi connectivity index (χ0n) is 8.63. The van der Waals surface area contributed by atoms with Crippen LogP contribution >= 0.6 is 15.7 Å². The van der Waals surface area contributed by atoms with Crippen LogP contribution in [0.25, 0.3) is 0 Å². The highest BCUT2D eigenvalue weighted by atomic mass is 31.1. The van der Waals surface area contributed by atoms with E-state index in [-0.39, 0.29) is 7.92 Å². The minimum atomic E-state index is -1.10. The van der Waals surface area contributed by atoms with Crippen molar-refractivity contribution < 1.29 is 4.57 Å². The van der Waals surface area contributed by atoms with E-state index in [4.69, 9.17) is 0 Å². The maximum atomic E-state index is 11.2. The third-order valence-electron chi connectivity index (χ3n) is 1.43. The van der Waals surface area contributed by atoms with Crippen molar-refractivity contribution >= 4 is 15.7 Å². The summed E-state index contributed by atoms with van der Waals surface area (Å²) in [7, 11) is 2.68. The highest BCUT2D eigenvalue weighted by Gasteiger charge is 2.12. The molecule has 0 aromatic rings. The van der Waals surface area contributed by atoms with E-state index in [2.05, 4.69) is 22.6 Å². The van der Waals surface area contributed by atoms with Crippen LogP contribution in [0.1, 0.15) is 0 Å². The molecule has 0 saturated heterocycles. The Labute approximate surface area is 82.8 Å². The van der Waals surface area contributed by atoms with Gasteiger partial charge in [0.05, 0.1) is 0 Å². The second kappa shape index (κ2) is 8.98. The largest absolute Gasteiger partial charge is 0.369 e. The molecule has 6 heteroatoms. The molecule has 0 radical (unpaired) electrons. The molecule has 0 fully saturated rings. The summed E-state index contributed by atoms with van der Waals surface area (Å²) in [5, 5.41) is 9.25. The molecule has 4 nitrogen and oxygen atoms in total. The Bertz CT molecular complexity index is 146. The van der Waals surface area contributed by atoms with Crippen LogP contribution in [0.15, 0.2) is 0 Å². The number of hydrogen-bond acceptors (Lipinski definition) is 4. The summed E-state index contributed by atoms with van der Waals surface area (Å²) < 4.78 is 11.2. The SMILES string of the molecule is CNCP(C)CNC[P+](=O)CNC. The zero-order valence-corrected chi connectivity index (χ0v) is 10.4. The van der Waals surface area contributed by atoms with E-state index in [0.717, 1.165) is 12.6 Å². The van der Waals surface area contributed by atoms with Crippen LogP contribution in [0, 0.1) is 0 Å². The quantitative estimate of drug-likeness (QED) is 0.533. The van der Waals surface area contributed by atoms with Crippen LogP contribution in [0.5, 0.6) is 0 Å². The van der Waals surface area contributed by atoms with Crippen molar-refractivity contribution in [3.8, 4) is 0 Å². The highest BCUT2D eigenvalue weighted by molar-refractivity contribution is 7.56. The lowest BCUT2D eigenvalue weighted by Gasteiger charge is -2.09. The van der Waals surface area contributed by atoms with E-state index in [1.54, 1.807) is 0 Å². The van der Waals surface area contributed by atoms with Crippen molar-refractivity contribution in [1.82, 2.24) is 16.0 Å². The second-order valence-corrected chi connectivity index (χ2v) is 6.87. The van der Waals surface area contributed by atoms with Crippen LogP contribution in [-0.2, 0) is 4.57 Å². The lowest BCUT2D eigenvalue weighted by Crippen LogP contribution is -2.18. The molecule has 2 unspecified atom stereocenters. The van der Waals surface area contributed by atoms with Crippen molar-refractivity contribution in [2.45, 2.75) is 0 Å². The molecule has 0 aliphatic heterocycles. The fraction of sp³-hybridized carbons (Fsp3) is 1.00. The Kier molecular flexibility index (Phi) is 9.27. The van der Waals surface area contributed by atoms with Crippen molar-refractivity contribution in [2.75, 3.05) is 45.9 Å². The second-order valence-electron chi connectivity index (χ2n) is 2.93. The van der Waals surface area contributed by atoms with Gasteiger partial charge in [-0.05, 0) is 20.8 Å². The van der Waals surface area contributed by atoms with Gasteiger partial charge in [-0.1, -0.05) is 12.5 Å². The molecular weight excluding hydrogens is 204 g/mol. The zero-order chi connectivity index (χ0) is 10.1. The van der Waals surface area contributed by atoms with Crippen LogP contribution in [-0.4, -0.2) is 45.9 Å². The van der Waals surface area contributed by atoms with Gasteiger partial charge in [0.15, 0.2) is 12.6 Å². The van der Waals surface area contributed by atoms with Gasteiger partial charge in [-0.25, -0.2) is 0 Å². The van der Waals surface area contributed by atoms with Gasteiger partial charge in [0, 0.05) is 12.6 Å². The Morgan fingerprint density at radius 3 is 2.38 bits per heavy atom. The Hall–Kier alpha value is 0.410. The molecule has 0 rings (SSSR count). The van der Waals surface area contributed by atoms with E-state index in [1.165, 1.54) is 0 Å². The molecule has 0 bridgehead atoms. The first-order valence-electron chi connectivity index (χ1n) is 4.31. The molecule has 0 aromatic carbocycles. The van der Waals surface area contributed by atoms with Gasteiger partial charge >= 0.3 is 7.80 Å². The van der Waals surface area contributed by atoms with Gasteiger partial charge in [-0.3, -0.25) is 10.6 Å². The van der Waals surface area contributed by atoms with Crippen molar-refractivity contribution in [3.63, 3.8) is 0 Å². The standard InChI is InChI=1S/C7H20N3OP2/c1-8-4-12(3)6-10-7-13(11)5-9-2/h8-10H,4-7H2,1-3H3/q+1. The molecule has 2 atom stereocenters. The van der Waals surface area contributed by atoms with Gasteiger partial charge in [-0.15, -0.1) is 0 Å². The van der Waals surface area contributed by atoms with E-state index in [9.17, 15) is 4.57 Å². The minimum absolute atomic E-state index is 0.00826. The summed E-state index contributed by atoms with van der Waals surface area (Å²) in [6.07, 6.45) is 3.29. The summed E-state index contributed by atoms with van der Waals surface area (Å²) >= 11 is 0. The molecule has 0 saturated carbocycles. The van der Waals surface area contributed by atoms with Crippen LogP contribution in [0.3, 0.4) is 0 Å². The molecule has 78 valence electrons. The predicted octanol–water partition coefficient (Wildman–Crippen LogP) is 0.784. The average molecular weight is 224 g/mol. The van der Waals surface area contributed by atoms with E-state index < -0.39 is 7.80 Å². The number of hydrogen-bond donors (Lipinski definition) is 3.